The molecule has 0 aliphatic heterocycles. The first-order chi connectivity index (χ1) is 17.5. The predicted octanol–water partition coefficient (Wildman–Crippen LogP) is 8.80. The highest BCUT2D eigenvalue weighted by molar-refractivity contribution is 7.96. The van der Waals surface area contributed by atoms with E-state index in [-0.39, 0.29) is 0 Å². The van der Waals surface area contributed by atoms with Crippen LogP contribution in [0.4, 0.5) is 22.0 Å². The zero-order valence-corrected chi connectivity index (χ0v) is 24.3. The fourth-order valence-electron chi connectivity index (χ4n) is 3.84. The molecule has 0 saturated heterocycles. The molecule has 0 bridgehead atoms. The third-order valence-corrected chi connectivity index (χ3v) is 9.49. The first kappa shape index (κ1) is 36.1. The summed E-state index contributed by atoms with van der Waals surface area (Å²) in [6.45, 7) is 6.95. The van der Waals surface area contributed by atoms with Crippen molar-refractivity contribution in [3.8, 4) is 0 Å². The Morgan fingerprint density at radius 2 is 0.784 bits per heavy atom. The van der Waals surface area contributed by atoms with Crippen LogP contribution < -0.4 is 0 Å². The van der Waals surface area contributed by atoms with Crippen LogP contribution in [0.1, 0.15) is 117 Å². The van der Waals surface area contributed by atoms with Gasteiger partial charge in [-0.1, -0.05) is 78.6 Å². The summed E-state index contributed by atoms with van der Waals surface area (Å²) in [4.78, 5) is -2.38. The molecule has 0 N–H and O–H groups in total. The Bertz CT molecular complexity index is 789. The molecule has 0 amide bonds. The largest absolute Gasteiger partial charge is 0.744 e. The van der Waals surface area contributed by atoms with Crippen LogP contribution in [0.15, 0.2) is 4.90 Å². The van der Waals surface area contributed by atoms with Gasteiger partial charge in [0.15, 0.2) is 23.3 Å². The predicted molar refractivity (Wildman–Crippen MR) is 142 cm³/mol. The summed E-state index contributed by atoms with van der Waals surface area (Å²) in [5.41, 5.74) is 0. The third-order valence-electron chi connectivity index (χ3n) is 6.03. The minimum atomic E-state index is -5.77. The summed E-state index contributed by atoms with van der Waals surface area (Å²) in [5, 5.41) is 0. The Kier molecular flexibility index (Phi) is 20.5. The van der Waals surface area contributed by atoms with E-state index in [9.17, 15) is 34.9 Å². The van der Waals surface area contributed by atoms with E-state index in [2.05, 4.69) is 20.8 Å². The van der Waals surface area contributed by atoms with E-state index >= 15 is 0 Å². The van der Waals surface area contributed by atoms with E-state index in [0.29, 0.717) is 0 Å². The maximum absolute atomic E-state index is 12.6. The van der Waals surface area contributed by atoms with Crippen LogP contribution in [0.25, 0.3) is 0 Å². The SMILES string of the molecule is CCCCCCC[S+](CCCCCCC)CCCCCCC.O=S(=O)([O-])c1c(F)c(F)c(F)c(F)c1F. The Morgan fingerprint density at radius 3 is 1.05 bits per heavy atom. The monoisotopic (exact) mass is 576 g/mol. The normalized spacial score (nSPS) is 11.6. The molecule has 0 spiro atoms. The van der Waals surface area contributed by atoms with Crippen molar-refractivity contribution in [2.45, 2.75) is 122 Å². The summed E-state index contributed by atoms with van der Waals surface area (Å²) in [6, 6.07) is 0. The lowest BCUT2D eigenvalue weighted by Gasteiger charge is -2.10. The van der Waals surface area contributed by atoms with Gasteiger partial charge in [0.05, 0.1) is 0 Å². The Morgan fingerprint density at radius 1 is 0.514 bits per heavy atom. The summed E-state index contributed by atoms with van der Waals surface area (Å²) in [6.07, 6.45) is 21.9. The zero-order valence-electron chi connectivity index (χ0n) is 22.7. The molecule has 37 heavy (non-hydrogen) atoms. The molecule has 0 saturated carbocycles. The van der Waals surface area contributed by atoms with E-state index in [1.165, 1.54) is 96.3 Å². The van der Waals surface area contributed by atoms with Gasteiger partial charge in [-0.25, -0.2) is 30.4 Å². The molecule has 0 aliphatic carbocycles. The van der Waals surface area contributed by atoms with E-state index in [1.807, 2.05) is 0 Å². The maximum Gasteiger partial charge on any atom is 0.200 e. The van der Waals surface area contributed by atoms with Crippen LogP contribution in [-0.2, 0) is 21.0 Å². The van der Waals surface area contributed by atoms with Gasteiger partial charge in [0.2, 0.25) is 5.82 Å². The van der Waals surface area contributed by atoms with Gasteiger partial charge in [-0.2, -0.15) is 0 Å². The minimum Gasteiger partial charge on any atom is -0.744 e. The summed E-state index contributed by atoms with van der Waals surface area (Å²) >= 11 is 0. The van der Waals surface area contributed by atoms with Crippen LogP contribution in [-0.4, -0.2) is 30.2 Å². The van der Waals surface area contributed by atoms with Gasteiger partial charge in [-0.05, 0) is 49.4 Å². The van der Waals surface area contributed by atoms with Crippen molar-refractivity contribution >= 4 is 21.0 Å². The molecule has 0 atom stereocenters. The number of unbranched alkanes of at least 4 members (excludes halogenated alkanes) is 12. The molecule has 0 heterocycles. The van der Waals surface area contributed by atoms with Crippen LogP contribution in [0.5, 0.6) is 0 Å². The van der Waals surface area contributed by atoms with Gasteiger partial charge >= 0.3 is 0 Å². The van der Waals surface area contributed by atoms with Gasteiger partial charge in [-0.15, -0.1) is 0 Å². The molecule has 1 aromatic rings. The van der Waals surface area contributed by atoms with Gasteiger partial charge in [-0.3, -0.25) is 0 Å². The van der Waals surface area contributed by atoms with Gasteiger partial charge in [0.1, 0.15) is 32.3 Å². The number of hydrogen-bond donors (Lipinski definition) is 0. The summed E-state index contributed by atoms with van der Waals surface area (Å²) in [5.74, 6) is -8.19. The fourth-order valence-corrected chi connectivity index (χ4v) is 6.91. The Balaban J connectivity index is 0.000000749. The molecule has 0 unspecified atom stereocenters. The highest BCUT2D eigenvalue weighted by atomic mass is 32.2. The van der Waals surface area contributed by atoms with Crippen LogP contribution in [0.3, 0.4) is 0 Å². The number of hydrogen-bond acceptors (Lipinski definition) is 3. The minimum absolute atomic E-state index is 0.759. The molecule has 0 aliphatic rings. The number of rotatable bonds is 19. The van der Waals surface area contributed by atoms with E-state index < -0.39 is 44.1 Å². The fraction of sp³-hybridized carbons (Fsp3) is 0.778. The summed E-state index contributed by atoms with van der Waals surface area (Å²) < 4.78 is 92.9. The molecular formula is C27H45F5O3S2. The second-order valence-electron chi connectivity index (χ2n) is 9.32. The average molecular weight is 577 g/mol. The van der Waals surface area contributed by atoms with Crippen molar-refractivity contribution in [2.75, 3.05) is 17.3 Å². The van der Waals surface area contributed by atoms with E-state index in [0.717, 1.165) is 10.9 Å². The molecule has 0 aromatic heterocycles. The zero-order chi connectivity index (χ0) is 28.3. The molecule has 10 heteroatoms. The van der Waals surface area contributed by atoms with Crippen LogP contribution in [0.2, 0.25) is 0 Å². The van der Waals surface area contributed by atoms with Crippen molar-refractivity contribution in [2.24, 2.45) is 0 Å². The summed E-state index contributed by atoms with van der Waals surface area (Å²) in [7, 11) is -5.01. The molecule has 0 radical (unpaired) electrons. The van der Waals surface area contributed by atoms with E-state index in [1.54, 1.807) is 17.3 Å². The lowest BCUT2D eigenvalue weighted by molar-refractivity contribution is 0.350. The lowest BCUT2D eigenvalue weighted by atomic mass is 10.2. The Labute approximate surface area is 224 Å². The van der Waals surface area contributed by atoms with Gasteiger partial charge in [0, 0.05) is 0 Å². The first-order valence-corrected chi connectivity index (χ1v) is 16.8. The molecule has 3 nitrogen and oxygen atoms in total. The van der Waals surface area contributed by atoms with Gasteiger partial charge < -0.3 is 4.55 Å². The van der Waals surface area contributed by atoms with Crippen LogP contribution >= 0.6 is 0 Å². The topological polar surface area (TPSA) is 57.2 Å². The highest BCUT2D eigenvalue weighted by Crippen LogP contribution is 2.26. The Hall–Kier alpha value is -0.870. The second-order valence-corrected chi connectivity index (χ2v) is 13.1. The van der Waals surface area contributed by atoms with Crippen molar-refractivity contribution < 1.29 is 34.9 Å². The molecule has 1 rings (SSSR count). The van der Waals surface area contributed by atoms with Crippen molar-refractivity contribution in [1.29, 1.82) is 0 Å². The second kappa shape index (κ2) is 21.0. The molecular weight excluding hydrogens is 531 g/mol. The first-order valence-electron chi connectivity index (χ1n) is 13.6. The highest BCUT2D eigenvalue weighted by Gasteiger charge is 2.29. The average Bonchev–Trinajstić information content (AvgIpc) is 2.85. The van der Waals surface area contributed by atoms with Crippen molar-refractivity contribution in [1.82, 2.24) is 0 Å². The number of benzene rings is 1. The van der Waals surface area contributed by atoms with Crippen LogP contribution in [0, 0.1) is 29.1 Å². The maximum atomic E-state index is 12.6. The lowest BCUT2D eigenvalue weighted by Crippen LogP contribution is -2.17. The molecule has 1 aromatic carbocycles. The quantitative estimate of drug-likeness (QED) is 0.0413. The van der Waals surface area contributed by atoms with E-state index in [4.69, 9.17) is 0 Å². The van der Waals surface area contributed by atoms with Gasteiger partial charge in [0.25, 0.3) is 0 Å². The van der Waals surface area contributed by atoms with Crippen molar-refractivity contribution in [3.63, 3.8) is 0 Å². The molecule has 218 valence electrons. The third kappa shape index (κ3) is 15.3. The smallest absolute Gasteiger partial charge is 0.200 e. The number of halogens is 5. The molecule has 0 fully saturated rings. The van der Waals surface area contributed by atoms with Crippen molar-refractivity contribution in [3.05, 3.63) is 29.1 Å². The standard InChI is InChI=1S/C21H45S.C6HF5O3S/c1-4-7-10-13-16-19-22(20-17-14-11-8-5-2)21-18-15-12-9-6-3;7-1-2(8)4(10)6(15(12,13)14)5(11)3(1)9/h4-21H2,1-3H3;(H,12,13,14)/q+1;/p-1.